The number of aldehydes is 1. The van der Waals surface area contributed by atoms with Crippen LogP contribution in [0, 0.1) is 11.3 Å². The van der Waals surface area contributed by atoms with Gasteiger partial charge in [-0.25, -0.2) is 4.79 Å². The number of nitrogens with zero attached hydrogens (tertiary/aromatic N) is 1. The number of phenols is 1. The molecule has 0 radical (unpaired) electrons. The molecule has 0 aliphatic heterocycles. The molecule has 82 valence electrons. The van der Waals surface area contributed by atoms with Crippen LogP contribution in [0.15, 0.2) is 12.1 Å². The number of ether oxygens (including phenoxy) is 1. The molecule has 5 nitrogen and oxygen atoms in total. The van der Waals surface area contributed by atoms with Gasteiger partial charge in [0.1, 0.15) is 23.7 Å². The summed E-state index contributed by atoms with van der Waals surface area (Å²) in [5.41, 5.74) is -0.173. The van der Waals surface area contributed by atoms with E-state index in [4.69, 9.17) is 5.26 Å². The van der Waals surface area contributed by atoms with Crippen LogP contribution in [-0.2, 0) is 4.74 Å². The molecule has 0 fully saturated rings. The Morgan fingerprint density at radius 1 is 1.62 bits per heavy atom. The van der Waals surface area contributed by atoms with Crippen LogP contribution < -0.4 is 0 Å². The van der Waals surface area contributed by atoms with Crippen LogP contribution in [0.4, 0.5) is 0 Å². The summed E-state index contributed by atoms with van der Waals surface area (Å²) < 4.78 is 4.68. The molecule has 0 aliphatic carbocycles. The van der Waals surface area contributed by atoms with Crippen molar-refractivity contribution >= 4 is 12.3 Å². The second-order valence-corrected chi connectivity index (χ2v) is 2.91. The largest absolute Gasteiger partial charge is 0.506 e. The summed E-state index contributed by atoms with van der Waals surface area (Å²) in [4.78, 5) is 22.0. The average Bonchev–Trinajstić information content (AvgIpc) is 2.29. The fraction of sp³-hybridized carbons (Fsp3) is 0.182. The Bertz CT molecular complexity index is 474. The van der Waals surface area contributed by atoms with Gasteiger partial charge < -0.3 is 9.84 Å². The highest BCUT2D eigenvalue weighted by molar-refractivity contribution is 5.95. The first-order valence-electron chi connectivity index (χ1n) is 4.53. The van der Waals surface area contributed by atoms with Gasteiger partial charge in [0.25, 0.3) is 0 Å². The maximum absolute atomic E-state index is 11.4. The molecule has 16 heavy (non-hydrogen) atoms. The molecule has 1 aromatic carbocycles. The third-order valence-electron chi connectivity index (χ3n) is 1.88. The first-order valence-corrected chi connectivity index (χ1v) is 4.53. The lowest BCUT2D eigenvalue weighted by Gasteiger charge is -2.06. The van der Waals surface area contributed by atoms with E-state index in [9.17, 15) is 14.7 Å². The Morgan fingerprint density at radius 3 is 2.81 bits per heavy atom. The van der Waals surface area contributed by atoms with Crippen LogP contribution in [0.25, 0.3) is 0 Å². The van der Waals surface area contributed by atoms with Crippen molar-refractivity contribution in [3.63, 3.8) is 0 Å². The number of phenolic OH excluding ortho intramolecular Hbond substituents is 1. The molecule has 0 aliphatic rings. The molecule has 0 aromatic heterocycles. The fourth-order valence-corrected chi connectivity index (χ4v) is 1.17. The van der Waals surface area contributed by atoms with Crippen LogP contribution in [0.5, 0.6) is 5.75 Å². The maximum atomic E-state index is 11.4. The van der Waals surface area contributed by atoms with Crippen LogP contribution in [0.3, 0.4) is 0 Å². The van der Waals surface area contributed by atoms with Crippen LogP contribution in [0.2, 0.25) is 0 Å². The Labute approximate surface area is 91.9 Å². The molecule has 0 unspecified atom stereocenters. The second-order valence-electron chi connectivity index (χ2n) is 2.91. The summed E-state index contributed by atoms with van der Waals surface area (Å²) in [6.45, 7) is 1.76. The van der Waals surface area contributed by atoms with Gasteiger partial charge in [0.15, 0.2) is 0 Å². The number of hydrogen-bond donors (Lipinski definition) is 1. The highest BCUT2D eigenvalue weighted by atomic mass is 16.5. The van der Waals surface area contributed by atoms with Gasteiger partial charge in [-0.05, 0) is 19.1 Å². The zero-order valence-electron chi connectivity index (χ0n) is 8.56. The minimum atomic E-state index is -0.764. The molecular weight excluding hydrogens is 210 g/mol. The molecule has 5 heteroatoms. The molecule has 0 bridgehead atoms. The van der Waals surface area contributed by atoms with Crippen molar-refractivity contribution in [3.05, 3.63) is 28.8 Å². The lowest BCUT2D eigenvalue weighted by atomic mass is 10.1. The van der Waals surface area contributed by atoms with Gasteiger partial charge in [0.2, 0.25) is 0 Å². The monoisotopic (exact) mass is 219 g/mol. The van der Waals surface area contributed by atoms with Crippen LogP contribution in [-0.4, -0.2) is 24.0 Å². The second kappa shape index (κ2) is 4.94. The molecule has 0 spiro atoms. The number of hydrogen-bond acceptors (Lipinski definition) is 5. The Kier molecular flexibility index (Phi) is 3.62. The van der Waals surface area contributed by atoms with Gasteiger partial charge in [-0.1, -0.05) is 0 Å². The molecule has 0 amide bonds. The number of rotatable bonds is 3. The SMILES string of the molecule is CCOC(=O)c1cc(C=O)cc(C#N)c1O. The summed E-state index contributed by atoms with van der Waals surface area (Å²) in [6, 6.07) is 4.07. The van der Waals surface area contributed by atoms with Crippen molar-refractivity contribution < 1.29 is 19.4 Å². The van der Waals surface area contributed by atoms with Gasteiger partial charge in [0, 0.05) is 5.56 Å². The standard InChI is InChI=1S/C11H9NO4/c1-2-16-11(15)9-4-7(6-13)3-8(5-12)10(9)14/h3-4,6,14H,2H2,1H3. The predicted octanol–water partition coefficient (Wildman–Crippen LogP) is 1.25. The maximum Gasteiger partial charge on any atom is 0.341 e. The molecule has 0 saturated carbocycles. The molecule has 1 N–H and O–H groups in total. The van der Waals surface area contributed by atoms with E-state index in [2.05, 4.69) is 4.74 Å². The number of aromatic hydroxyl groups is 1. The highest BCUT2D eigenvalue weighted by Crippen LogP contribution is 2.24. The van der Waals surface area contributed by atoms with Crippen molar-refractivity contribution in [2.75, 3.05) is 6.61 Å². The van der Waals surface area contributed by atoms with Crippen LogP contribution in [0.1, 0.15) is 33.2 Å². The zero-order valence-corrected chi connectivity index (χ0v) is 8.56. The number of carbonyl (C=O) groups is 2. The number of carbonyl (C=O) groups excluding carboxylic acids is 2. The van der Waals surface area contributed by atoms with Crippen molar-refractivity contribution in [3.8, 4) is 11.8 Å². The van der Waals surface area contributed by atoms with E-state index in [1.807, 2.05) is 0 Å². The van der Waals surface area contributed by atoms with Gasteiger partial charge >= 0.3 is 5.97 Å². The quantitative estimate of drug-likeness (QED) is 0.610. The van der Waals surface area contributed by atoms with Crippen molar-refractivity contribution in [2.45, 2.75) is 6.92 Å². The first kappa shape index (κ1) is 11.7. The van der Waals surface area contributed by atoms with E-state index in [-0.39, 0.29) is 23.3 Å². The summed E-state index contributed by atoms with van der Waals surface area (Å²) >= 11 is 0. The van der Waals surface area contributed by atoms with Crippen LogP contribution >= 0.6 is 0 Å². The van der Waals surface area contributed by atoms with E-state index in [0.29, 0.717) is 6.29 Å². The third-order valence-corrected chi connectivity index (χ3v) is 1.88. The average molecular weight is 219 g/mol. The Balaban J connectivity index is 3.32. The molecule has 0 atom stereocenters. The number of esters is 1. The lowest BCUT2D eigenvalue weighted by molar-refractivity contribution is 0.0523. The molecule has 0 heterocycles. The van der Waals surface area contributed by atoms with Gasteiger partial charge in [0.05, 0.1) is 12.2 Å². The van der Waals surface area contributed by atoms with Gasteiger partial charge in [-0.3, -0.25) is 4.79 Å². The van der Waals surface area contributed by atoms with E-state index < -0.39 is 11.7 Å². The summed E-state index contributed by atoms with van der Waals surface area (Å²) in [6.07, 6.45) is 0.489. The molecule has 1 rings (SSSR count). The van der Waals surface area contributed by atoms with E-state index in [0.717, 1.165) is 0 Å². The first-order chi connectivity index (χ1) is 7.63. The third kappa shape index (κ3) is 2.17. The minimum Gasteiger partial charge on any atom is -0.506 e. The zero-order chi connectivity index (χ0) is 12.1. The summed E-state index contributed by atoms with van der Waals surface area (Å²) in [5, 5.41) is 18.3. The van der Waals surface area contributed by atoms with Gasteiger partial charge in [-0.2, -0.15) is 5.26 Å². The lowest BCUT2D eigenvalue weighted by Crippen LogP contribution is -2.06. The number of benzene rings is 1. The molecule has 0 saturated heterocycles. The van der Waals surface area contributed by atoms with E-state index in [1.165, 1.54) is 12.1 Å². The van der Waals surface area contributed by atoms with E-state index >= 15 is 0 Å². The van der Waals surface area contributed by atoms with Crippen molar-refractivity contribution in [1.29, 1.82) is 5.26 Å². The van der Waals surface area contributed by atoms with Gasteiger partial charge in [-0.15, -0.1) is 0 Å². The summed E-state index contributed by atoms with van der Waals surface area (Å²) in [7, 11) is 0. The van der Waals surface area contributed by atoms with Crippen molar-refractivity contribution in [2.24, 2.45) is 0 Å². The number of nitriles is 1. The fourth-order valence-electron chi connectivity index (χ4n) is 1.17. The molecular formula is C11H9NO4. The Morgan fingerprint density at radius 2 is 2.31 bits per heavy atom. The minimum absolute atomic E-state index is 0.132. The highest BCUT2D eigenvalue weighted by Gasteiger charge is 2.17. The smallest absolute Gasteiger partial charge is 0.341 e. The van der Waals surface area contributed by atoms with E-state index in [1.54, 1.807) is 13.0 Å². The van der Waals surface area contributed by atoms with Crippen molar-refractivity contribution in [1.82, 2.24) is 0 Å². The summed E-state index contributed by atoms with van der Waals surface area (Å²) in [5.74, 6) is -1.23. The topological polar surface area (TPSA) is 87.4 Å². The predicted molar refractivity (Wildman–Crippen MR) is 54.2 cm³/mol. The molecule has 1 aromatic rings. The normalized spacial score (nSPS) is 9.25. The Hall–Kier alpha value is -2.35.